The van der Waals surface area contributed by atoms with E-state index in [1.807, 2.05) is 24.8 Å². The molecule has 2 aromatic carbocycles. The normalized spacial score (nSPS) is 14.1. The fraction of sp³-hybridized carbons (Fsp3) is 0.588. The molecule has 0 aromatic heterocycles. The number of halogens is 1. The molecule has 0 aliphatic carbocycles. The van der Waals surface area contributed by atoms with Crippen LogP contribution in [-0.4, -0.2) is 86.8 Å². The fourth-order valence-electron chi connectivity index (χ4n) is 5.06. The first-order chi connectivity index (χ1) is 23.3. The van der Waals surface area contributed by atoms with Crippen LogP contribution in [-0.2, 0) is 30.9 Å². The summed E-state index contributed by atoms with van der Waals surface area (Å²) in [6, 6.07) is 8.87. The number of nitrogens with zero attached hydrogens (tertiary/aromatic N) is 2. The summed E-state index contributed by atoms with van der Waals surface area (Å²) in [5, 5.41) is 26.6. The Morgan fingerprint density at radius 2 is 1.78 bits per heavy atom. The van der Waals surface area contributed by atoms with Gasteiger partial charge in [0.1, 0.15) is 5.75 Å². The molecule has 0 radical (unpaired) electrons. The first-order valence-corrected chi connectivity index (χ1v) is 18.3. The van der Waals surface area contributed by atoms with E-state index in [0.717, 1.165) is 17.7 Å². The number of para-hydroxylation sites is 1. The van der Waals surface area contributed by atoms with E-state index in [1.165, 1.54) is 12.1 Å². The minimum atomic E-state index is -4.55. The monoisotopic (exact) mass is 741 g/mol. The minimum absolute atomic E-state index is 0.0332. The molecule has 16 heteroatoms. The first-order valence-electron chi connectivity index (χ1n) is 16.5. The summed E-state index contributed by atoms with van der Waals surface area (Å²) >= 11 is 6.38. The molecule has 0 heterocycles. The predicted molar refractivity (Wildman–Crippen MR) is 191 cm³/mol. The Morgan fingerprint density at radius 3 is 2.36 bits per heavy atom. The molecule has 0 spiro atoms. The van der Waals surface area contributed by atoms with Crippen molar-refractivity contribution >= 4 is 39.1 Å². The number of benzene rings is 2. The molecule has 5 N–H and O–H groups in total. The molecule has 280 valence electrons. The quantitative estimate of drug-likeness (QED) is 0.0779. The zero-order valence-electron chi connectivity index (χ0n) is 29.8. The molecule has 2 aromatic rings. The lowest BCUT2D eigenvalue weighted by Gasteiger charge is -2.35. The zero-order valence-corrected chi connectivity index (χ0v) is 31.4. The number of ether oxygens (including phenoxy) is 2. The van der Waals surface area contributed by atoms with Crippen molar-refractivity contribution in [3.05, 3.63) is 63.2 Å². The molecular formula is C34H52ClN5O9S. The van der Waals surface area contributed by atoms with Crippen LogP contribution >= 0.6 is 11.6 Å². The number of hydrogen-bond donors (Lipinski definition) is 4. The number of methoxy groups -OCH3 is 1. The number of rotatable bonds is 22. The number of primary amides is 1. The molecule has 3 atom stereocenters. The second-order valence-corrected chi connectivity index (χ2v) is 15.6. The van der Waals surface area contributed by atoms with E-state index in [0.29, 0.717) is 37.0 Å². The standard InChI is InChI=1S/C34H52ClN5O9S/c1-22(2)25(32(42)37-21-34(5,6)33(36)43)18-29(41)27(38-50(46,47)31-12-9-8-11-28(31)40(44)45)20-39(23(3)4)19-24-13-14-26(35)30(17-24)49-16-10-15-48-7/h8-9,11-14,17,22-23,25,27,29,38,41H,10,15-16,18-21H2,1-7H3,(H2,36,43)(H,37,42)/t25-,27-,29-/m0/s1. The molecule has 0 saturated heterocycles. The first kappa shape index (κ1) is 42.8. The van der Waals surface area contributed by atoms with Crippen molar-refractivity contribution in [3.8, 4) is 5.75 Å². The van der Waals surface area contributed by atoms with Gasteiger partial charge in [-0.05, 0) is 63.8 Å². The van der Waals surface area contributed by atoms with Crippen molar-refractivity contribution in [1.82, 2.24) is 14.9 Å². The summed E-state index contributed by atoms with van der Waals surface area (Å²) in [5.41, 5.74) is 4.62. The average molecular weight is 742 g/mol. The Balaban J connectivity index is 2.47. The van der Waals surface area contributed by atoms with Crippen LogP contribution in [0.25, 0.3) is 0 Å². The number of nitrogens with two attached hydrogens (primary N) is 1. The van der Waals surface area contributed by atoms with Crippen LogP contribution in [0.4, 0.5) is 5.69 Å². The van der Waals surface area contributed by atoms with E-state index in [4.69, 9.17) is 26.8 Å². The van der Waals surface area contributed by atoms with Crippen molar-refractivity contribution < 1.29 is 37.5 Å². The number of aliphatic hydroxyl groups excluding tert-OH is 1. The third kappa shape index (κ3) is 12.8. The van der Waals surface area contributed by atoms with E-state index in [-0.39, 0.29) is 31.5 Å². The molecule has 0 unspecified atom stereocenters. The predicted octanol–water partition coefficient (Wildman–Crippen LogP) is 3.87. The summed E-state index contributed by atoms with van der Waals surface area (Å²) in [6.07, 6.45) is -0.912. The van der Waals surface area contributed by atoms with Crippen LogP contribution in [0.3, 0.4) is 0 Å². The molecule has 14 nitrogen and oxygen atoms in total. The van der Waals surface area contributed by atoms with Crippen molar-refractivity contribution in [2.45, 2.75) is 84.0 Å². The van der Waals surface area contributed by atoms with E-state index >= 15 is 0 Å². The molecule has 0 aliphatic rings. The van der Waals surface area contributed by atoms with Gasteiger partial charge in [0.15, 0.2) is 4.90 Å². The van der Waals surface area contributed by atoms with Gasteiger partial charge in [0, 0.05) is 57.8 Å². The molecular weight excluding hydrogens is 690 g/mol. The molecule has 0 aliphatic heterocycles. The topological polar surface area (TPSA) is 203 Å². The number of hydrogen-bond acceptors (Lipinski definition) is 10. The lowest BCUT2D eigenvalue weighted by atomic mass is 9.86. The molecule has 2 amide bonds. The number of nitrogens with one attached hydrogen (secondary N) is 2. The SMILES string of the molecule is COCCCOc1cc(CN(C[C@H](NS(=O)(=O)c2ccccc2[N+](=O)[O-])[C@@H](O)C[C@H](C(=O)NCC(C)(C)C(N)=O)C(C)C)C(C)C)ccc1Cl. The van der Waals surface area contributed by atoms with Crippen LogP contribution in [0.5, 0.6) is 5.75 Å². The Bertz CT molecular complexity index is 1560. The van der Waals surface area contributed by atoms with Gasteiger partial charge >= 0.3 is 0 Å². The van der Waals surface area contributed by atoms with Crippen molar-refractivity contribution in [2.24, 2.45) is 23.0 Å². The van der Waals surface area contributed by atoms with Gasteiger partial charge in [-0.2, -0.15) is 0 Å². The van der Waals surface area contributed by atoms with Gasteiger partial charge in [-0.3, -0.25) is 24.6 Å². The maximum atomic E-state index is 13.7. The molecule has 0 fully saturated rings. The number of aliphatic hydroxyl groups is 1. The molecule has 0 bridgehead atoms. The van der Waals surface area contributed by atoms with E-state index in [9.17, 15) is 33.2 Å². The van der Waals surface area contributed by atoms with Gasteiger partial charge in [-0.25, -0.2) is 13.1 Å². The van der Waals surface area contributed by atoms with Gasteiger partial charge in [0.2, 0.25) is 21.8 Å². The summed E-state index contributed by atoms with van der Waals surface area (Å²) < 4.78 is 40.9. The highest BCUT2D eigenvalue weighted by Crippen LogP contribution is 2.28. The van der Waals surface area contributed by atoms with Gasteiger partial charge in [0.25, 0.3) is 5.69 Å². The average Bonchev–Trinajstić information content (AvgIpc) is 3.04. The Morgan fingerprint density at radius 1 is 1.12 bits per heavy atom. The highest BCUT2D eigenvalue weighted by molar-refractivity contribution is 7.89. The number of carbonyl (C=O) groups excluding carboxylic acids is 2. The maximum Gasteiger partial charge on any atom is 0.289 e. The lowest BCUT2D eigenvalue weighted by molar-refractivity contribution is -0.387. The third-order valence-electron chi connectivity index (χ3n) is 8.42. The Hall–Kier alpha value is -3.34. The van der Waals surface area contributed by atoms with E-state index in [2.05, 4.69) is 10.0 Å². The minimum Gasteiger partial charge on any atom is -0.492 e. The lowest BCUT2D eigenvalue weighted by Crippen LogP contribution is -2.53. The Labute approximate surface area is 300 Å². The highest BCUT2D eigenvalue weighted by atomic mass is 35.5. The summed E-state index contributed by atoms with van der Waals surface area (Å²) in [6.45, 7) is 11.7. The number of sulfonamides is 1. The fourth-order valence-corrected chi connectivity index (χ4v) is 6.66. The number of nitro groups is 1. The van der Waals surface area contributed by atoms with Crippen LogP contribution in [0, 0.1) is 27.4 Å². The zero-order chi connectivity index (χ0) is 37.8. The molecule has 50 heavy (non-hydrogen) atoms. The van der Waals surface area contributed by atoms with Crippen molar-refractivity contribution in [1.29, 1.82) is 0 Å². The number of amides is 2. The van der Waals surface area contributed by atoms with Crippen LogP contribution in [0.15, 0.2) is 47.4 Å². The highest BCUT2D eigenvalue weighted by Gasteiger charge is 2.36. The number of nitro benzene ring substituents is 1. The van der Waals surface area contributed by atoms with Crippen LogP contribution in [0.1, 0.15) is 59.9 Å². The van der Waals surface area contributed by atoms with E-state index < -0.39 is 60.8 Å². The van der Waals surface area contributed by atoms with Gasteiger partial charge in [0.05, 0.1) is 34.1 Å². The summed E-state index contributed by atoms with van der Waals surface area (Å²) in [7, 11) is -2.94. The van der Waals surface area contributed by atoms with Crippen LogP contribution < -0.4 is 20.5 Å². The van der Waals surface area contributed by atoms with Crippen LogP contribution in [0.2, 0.25) is 5.02 Å². The Kier molecular flexibility index (Phi) is 16.5. The summed E-state index contributed by atoms with van der Waals surface area (Å²) in [5.74, 6) is -1.63. The number of carbonyl (C=O) groups is 2. The summed E-state index contributed by atoms with van der Waals surface area (Å²) in [4.78, 5) is 37.5. The largest absolute Gasteiger partial charge is 0.492 e. The molecule has 0 saturated carbocycles. The maximum absolute atomic E-state index is 13.7. The van der Waals surface area contributed by atoms with Crippen molar-refractivity contribution in [2.75, 3.05) is 33.4 Å². The van der Waals surface area contributed by atoms with Gasteiger partial charge < -0.3 is 25.6 Å². The van der Waals surface area contributed by atoms with Crippen molar-refractivity contribution in [3.63, 3.8) is 0 Å². The smallest absolute Gasteiger partial charge is 0.289 e. The second kappa shape index (κ2) is 19.3. The third-order valence-corrected chi connectivity index (χ3v) is 10.3. The molecule has 2 rings (SSSR count). The second-order valence-electron chi connectivity index (χ2n) is 13.6. The van der Waals surface area contributed by atoms with Gasteiger partial charge in [-0.1, -0.05) is 43.6 Å². The van der Waals surface area contributed by atoms with Gasteiger partial charge in [-0.15, -0.1) is 0 Å². The van der Waals surface area contributed by atoms with E-state index in [1.54, 1.807) is 46.9 Å².